The molecule has 1 rings (SSSR count). The molecule has 0 amide bonds. The first-order valence-corrected chi connectivity index (χ1v) is 6.45. The van der Waals surface area contributed by atoms with Crippen LogP contribution >= 0.6 is 11.8 Å². The lowest BCUT2D eigenvalue weighted by Gasteiger charge is -2.16. The highest BCUT2D eigenvalue weighted by atomic mass is 32.2. The fourth-order valence-corrected chi connectivity index (χ4v) is 1.68. The van der Waals surface area contributed by atoms with Crippen LogP contribution in [0.3, 0.4) is 0 Å². The van der Waals surface area contributed by atoms with Gasteiger partial charge < -0.3 is 4.74 Å². The molecule has 0 atom stereocenters. The Labute approximate surface area is 103 Å². The van der Waals surface area contributed by atoms with Gasteiger partial charge in [-0.1, -0.05) is 13.8 Å². The van der Waals surface area contributed by atoms with Gasteiger partial charge in [0.25, 0.3) is 0 Å². The first-order chi connectivity index (χ1) is 7.84. The van der Waals surface area contributed by atoms with E-state index in [1.54, 1.807) is 12.3 Å². The molecule has 96 valence electrons. The van der Waals surface area contributed by atoms with Crippen molar-refractivity contribution in [3.63, 3.8) is 0 Å². The van der Waals surface area contributed by atoms with Crippen LogP contribution in [0.1, 0.15) is 19.4 Å². The second-order valence-corrected chi connectivity index (χ2v) is 4.94. The van der Waals surface area contributed by atoms with E-state index in [1.165, 1.54) is 17.8 Å². The highest BCUT2D eigenvalue weighted by Gasteiger charge is 2.34. The third-order valence-electron chi connectivity index (χ3n) is 2.06. The molecule has 0 aliphatic heterocycles. The van der Waals surface area contributed by atoms with Gasteiger partial charge in [0.05, 0.1) is 12.2 Å². The molecule has 0 radical (unpaired) electrons. The van der Waals surface area contributed by atoms with Crippen molar-refractivity contribution in [2.24, 2.45) is 5.92 Å². The number of benzene rings is 1. The van der Waals surface area contributed by atoms with Crippen LogP contribution in [0.5, 0.6) is 5.75 Å². The van der Waals surface area contributed by atoms with Gasteiger partial charge in [-0.25, -0.2) is 0 Å². The average Bonchev–Trinajstić information content (AvgIpc) is 2.24. The van der Waals surface area contributed by atoms with Gasteiger partial charge >= 0.3 is 6.18 Å². The van der Waals surface area contributed by atoms with Crippen molar-refractivity contribution in [3.8, 4) is 5.75 Å². The summed E-state index contributed by atoms with van der Waals surface area (Å²) in [5.41, 5.74) is -0.704. The Hall–Kier alpha value is -0.840. The highest BCUT2D eigenvalue weighted by molar-refractivity contribution is 7.98. The second-order valence-electron chi connectivity index (χ2n) is 4.06. The largest absolute Gasteiger partial charge is 0.493 e. The third-order valence-corrected chi connectivity index (χ3v) is 2.79. The molecule has 0 bridgehead atoms. The molecule has 0 N–H and O–H groups in total. The van der Waals surface area contributed by atoms with Crippen molar-refractivity contribution in [1.29, 1.82) is 0 Å². The van der Waals surface area contributed by atoms with E-state index < -0.39 is 11.7 Å². The van der Waals surface area contributed by atoms with Crippen molar-refractivity contribution in [2.45, 2.75) is 24.9 Å². The lowest BCUT2D eigenvalue weighted by Crippen LogP contribution is -2.11. The normalized spacial score (nSPS) is 11.9. The molecule has 17 heavy (non-hydrogen) atoms. The first-order valence-electron chi connectivity index (χ1n) is 5.22. The van der Waals surface area contributed by atoms with Crippen LogP contribution in [0.15, 0.2) is 23.1 Å². The summed E-state index contributed by atoms with van der Waals surface area (Å²) in [6.45, 7) is 4.06. The Kier molecular flexibility index (Phi) is 4.74. The lowest BCUT2D eigenvalue weighted by molar-refractivity contribution is -0.139. The van der Waals surface area contributed by atoms with Crippen LogP contribution in [0, 0.1) is 5.92 Å². The van der Waals surface area contributed by atoms with E-state index in [2.05, 4.69) is 0 Å². The highest BCUT2D eigenvalue weighted by Crippen LogP contribution is 2.38. The van der Waals surface area contributed by atoms with Crippen molar-refractivity contribution >= 4 is 11.8 Å². The molecule has 1 nitrogen and oxygen atoms in total. The minimum absolute atomic E-state index is 0.0935. The molecule has 1 aromatic carbocycles. The predicted octanol–water partition coefficient (Wildman–Crippen LogP) is 4.46. The molecule has 5 heteroatoms. The summed E-state index contributed by atoms with van der Waals surface area (Å²) in [4.78, 5) is 0.578. The molecule has 0 aliphatic carbocycles. The third kappa shape index (κ3) is 4.15. The van der Waals surface area contributed by atoms with Crippen molar-refractivity contribution < 1.29 is 17.9 Å². The van der Waals surface area contributed by atoms with Gasteiger partial charge in [-0.05, 0) is 30.4 Å². The summed E-state index contributed by atoms with van der Waals surface area (Å²) in [6, 6.07) is 4.15. The first kappa shape index (κ1) is 14.2. The van der Waals surface area contributed by atoms with Gasteiger partial charge in [0.2, 0.25) is 0 Å². The lowest BCUT2D eigenvalue weighted by atomic mass is 10.2. The van der Waals surface area contributed by atoms with Crippen LogP contribution in [0.2, 0.25) is 0 Å². The molecule has 0 heterocycles. The molecule has 1 aromatic rings. The van der Waals surface area contributed by atoms with E-state index in [1.807, 2.05) is 13.8 Å². The van der Waals surface area contributed by atoms with Crippen LogP contribution < -0.4 is 4.74 Å². The summed E-state index contributed by atoms with van der Waals surface area (Å²) in [6.07, 6.45) is -2.64. The SMILES string of the molecule is CSc1ccc(OCC(C)C)c(C(F)(F)F)c1. The topological polar surface area (TPSA) is 9.23 Å². The Morgan fingerprint density at radius 3 is 2.41 bits per heavy atom. The quantitative estimate of drug-likeness (QED) is 0.742. The van der Waals surface area contributed by atoms with Gasteiger partial charge in [-0.2, -0.15) is 13.2 Å². The Bertz CT molecular complexity index is 375. The molecule has 0 saturated heterocycles. The van der Waals surface area contributed by atoms with E-state index in [4.69, 9.17) is 4.74 Å². The Balaban J connectivity index is 3.03. The van der Waals surface area contributed by atoms with E-state index in [0.29, 0.717) is 4.90 Å². The summed E-state index contributed by atoms with van der Waals surface area (Å²) >= 11 is 1.28. The maximum atomic E-state index is 12.8. The molecule has 0 aromatic heterocycles. The molecular formula is C12H15F3OS. The smallest absolute Gasteiger partial charge is 0.420 e. The number of alkyl halides is 3. The molecule has 0 aliphatic rings. The monoisotopic (exact) mass is 264 g/mol. The number of hydrogen-bond acceptors (Lipinski definition) is 2. The summed E-state index contributed by atoms with van der Waals surface area (Å²) in [5, 5.41) is 0. The maximum Gasteiger partial charge on any atom is 0.420 e. The second kappa shape index (κ2) is 5.67. The van der Waals surface area contributed by atoms with Gasteiger partial charge in [-0.15, -0.1) is 11.8 Å². The summed E-state index contributed by atoms with van der Waals surface area (Å²) < 4.78 is 43.6. The summed E-state index contributed by atoms with van der Waals surface area (Å²) in [5.74, 6) is 0.0975. The Morgan fingerprint density at radius 1 is 1.29 bits per heavy atom. The van der Waals surface area contributed by atoms with Crippen LogP contribution in [-0.4, -0.2) is 12.9 Å². The predicted molar refractivity (Wildman–Crippen MR) is 63.6 cm³/mol. The fourth-order valence-electron chi connectivity index (χ4n) is 1.24. The van der Waals surface area contributed by atoms with Crippen molar-refractivity contribution in [1.82, 2.24) is 0 Å². The van der Waals surface area contributed by atoms with E-state index in [-0.39, 0.29) is 18.3 Å². The van der Waals surface area contributed by atoms with E-state index in [0.717, 1.165) is 6.07 Å². The zero-order chi connectivity index (χ0) is 13.1. The van der Waals surface area contributed by atoms with Crippen LogP contribution in [-0.2, 0) is 6.18 Å². The minimum atomic E-state index is -4.38. The molecule has 0 spiro atoms. The maximum absolute atomic E-state index is 12.8. The molecule has 0 saturated carbocycles. The molecule has 0 fully saturated rings. The van der Waals surface area contributed by atoms with E-state index in [9.17, 15) is 13.2 Å². The number of rotatable bonds is 4. The standard InChI is InChI=1S/C12H15F3OS/c1-8(2)7-16-11-5-4-9(17-3)6-10(11)12(13,14)15/h4-6,8H,7H2,1-3H3. The molecular weight excluding hydrogens is 249 g/mol. The zero-order valence-corrected chi connectivity index (χ0v) is 10.8. The van der Waals surface area contributed by atoms with Crippen molar-refractivity contribution in [2.75, 3.05) is 12.9 Å². The Morgan fingerprint density at radius 2 is 1.94 bits per heavy atom. The minimum Gasteiger partial charge on any atom is -0.493 e. The van der Waals surface area contributed by atoms with Crippen LogP contribution in [0.25, 0.3) is 0 Å². The summed E-state index contributed by atoms with van der Waals surface area (Å²) in [7, 11) is 0. The van der Waals surface area contributed by atoms with Gasteiger partial charge in [-0.3, -0.25) is 0 Å². The fraction of sp³-hybridized carbons (Fsp3) is 0.500. The zero-order valence-electron chi connectivity index (χ0n) is 9.97. The number of halogens is 3. The average molecular weight is 264 g/mol. The van der Waals surface area contributed by atoms with Gasteiger partial charge in [0.15, 0.2) is 0 Å². The molecule has 0 unspecified atom stereocenters. The number of thioether (sulfide) groups is 1. The number of hydrogen-bond donors (Lipinski definition) is 0. The van der Waals surface area contributed by atoms with Crippen LogP contribution in [0.4, 0.5) is 13.2 Å². The van der Waals surface area contributed by atoms with Gasteiger partial charge in [0.1, 0.15) is 5.75 Å². The van der Waals surface area contributed by atoms with E-state index >= 15 is 0 Å². The number of ether oxygens (including phenoxy) is 1. The van der Waals surface area contributed by atoms with Crippen molar-refractivity contribution in [3.05, 3.63) is 23.8 Å². The van der Waals surface area contributed by atoms with Gasteiger partial charge in [0, 0.05) is 4.90 Å².